The van der Waals surface area contributed by atoms with E-state index in [0.717, 1.165) is 6.54 Å². The summed E-state index contributed by atoms with van der Waals surface area (Å²) in [6.45, 7) is 2.69. The third-order valence-corrected chi connectivity index (χ3v) is 1.59. The summed E-state index contributed by atoms with van der Waals surface area (Å²) < 4.78 is 4.89. The molecule has 0 radical (unpaired) electrons. The van der Waals surface area contributed by atoms with Crippen LogP contribution in [0.25, 0.3) is 0 Å². The van der Waals surface area contributed by atoms with Crippen LogP contribution in [0.4, 0.5) is 0 Å². The average Bonchev–Trinajstić information content (AvgIpc) is 1.80. The molecule has 0 aromatic heterocycles. The Bertz CT molecular complexity index is 128. The third-order valence-electron chi connectivity index (χ3n) is 1.59. The number of hydrogen-bond acceptors (Lipinski definition) is 3. The SMILES string of the molecule is CB1OC(=O)CCN1C. The van der Waals surface area contributed by atoms with Crippen LogP contribution in [0.5, 0.6) is 0 Å². The highest BCUT2D eigenvalue weighted by Gasteiger charge is 2.25. The van der Waals surface area contributed by atoms with Gasteiger partial charge >= 0.3 is 7.05 Å². The molecular formula is C5H10BNO2. The molecule has 1 saturated heterocycles. The Kier molecular flexibility index (Phi) is 1.76. The van der Waals surface area contributed by atoms with Gasteiger partial charge in [-0.3, -0.25) is 4.79 Å². The summed E-state index contributed by atoms with van der Waals surface area (Å²) >= 11 is 0. The maximum atomic E-state index is 10.6. The average molecular weight is 127 g/mol. The van der Waals surface area contributed by atoms with Gasteiger partial charge in [0, 0.05) is 6.54 Å². The first-order valence-corrected chi connectivity index (χ1v) is 3.10. The van der Waals surface area contributed by atoms with E-state index in [2.05, 4.69) is 0 Å². The summed E-state index contributed by atoms with van der Waals surface area (Å²) in [6, 6.07) is 0. The van der Waals surface area contributed by atoms with Crippen molar-refractivity contribution < 1.29 is 9.45 Å². The summed E-state index contributed by atoms with van der Waals surface area (Å²) in [5.74, 6) is -0.0828. The topological polar surface area (TPSA) is 29.5 Å². The van der Waals surface area contributed by atoms with E-state index < -0.39 is 0 Å². The van der Waals surface area contributed by atoms with Crippen LogP contribution in [-0.2, 0) is 9.45 Å². The number of carbonyl (C=O) groups excluding carboxylic acids is 1. The first-order valence-electron chi connectivity index (χ1n) is 3.10. The first kappa shape index (κ1) is 6.61. The molecule has 1 rings (SSSR count). The molecule has 0 atom stereocenters. The number of rotatable bonds is 0. The molecule has 0 aliphatic carbocycles. The molecule has 50 valence electrons. The van der Waals surface area contributed by atoms with Gasteiger partial charge in [0.2, 0.25) is 0 Å². The summed E-state index contributed by atoms with van der Waals surface area (Å²) in [4.78, 5) is 12.6. The highest BCUT2D eigenvalue weighted by atomic mass is 16.5. The molecular weight excluding hydrogens is 117 g/mol. The maximum Gasteiger partial charge on any atom is 0.447 e. The van der Waals surface area contributed by atoms with E-state index in [0.29, 0.717) is 6.42 Å². The van der Waals surface area contributed by atoms with Crippen LogP contribution in [0.1, 0.15) is 6.42 Å². The van der Waals surface area contributed by atoms with Crippen molar-refractivity contribution in [3.8, 4) is 0 Å². The van der Waals surface area contributed by atoms with Gasteiger partial charge < -0.3 is 9.47 Å². The highest BCUT2D eigenvalue weighted by Crippen LogP contribution is 2.03. The van der Waals surface area contributed by atoms with Crippen molar-refractivity contribution in [3.63, 3.8) is 0 Å². The lowest BCUT2D eigenvalue weighted by Gasteiger charge is -2.25. The van der Waals surface area contributed by atoms with Gasteiger partial charge in [-0.15, -0.1) is 0 Å². The molecule has 0 bridgehead atoms. The molecule has 0 saturated carbocycles. The lowest BCUT2D eigenvalue weighted by atomic mass is 9.83. The molecule has 9 heavy (non-hydrogen) atoms. The van der Waals surface area contributed by atoms with Gasteiger partial charge in [0.05, 0.1) is 6.42 Å². The fourth-order valence-corrected chi connectivity index (χ4v) is 0.789. The van der Waals surface area contributed by atoms with Crippen LogP contribution < -0.4 is 0 Å². The minimum absolute atomic E-state index is 0.0359. The van der Waals surface area contributed by atoms with Crippen molar-refractivity contribution in [2.75, 3.05) is 13.6 Å². The van der Waals surface area contributed by atoms with Crippen molar-refractivity contribution in [2.45, 2.75) is 13.2 Å². The number of carbonyl (C=O) groups is 1. The molecule has 1 aliphatic heterocycles. The van der Waals surface area contributed by atoms with Gasteiger partial charge in [-0.2, -0.15) is 0 Å². The second-order valence-corrected chi connectivity index (χ2v) is 2.32. The highest BCUT2D eigenvalue weighted by molar-refractivity contribution is 6.49. The molecule has 0 aromatic rings. The number of hydrogen-bond donors (Lipinski definition) is 0. The third kappa shape index (κ3) is 1.45. The van der Waals surface area contributed by atoms with Crippen LogP contribution in [-0.4, -0.2) is 31.4 Å². The monoisotopic (exact) mass is 127 g/mol. The second-order valence-electron chi connectivity index (χ2n) is 2.32. The van der Waals surface area contributed by atoms with Crippen LogP contribution >= 0.6 is 0 Å². The van der Waals surface area contributed by atoms with E-state index >= 15 is 0 Å². The van der Waals surface area contributed by atoms with Crippen LogP contribution in [0.3, 0.4) is 0 Å². The van der Waals surface area contributed by atoms with Crippen LogP contribution in [0, 0.1) is 0 Å². The van der Waals surface area contributed by atoms with E-state index in [4.69, 9.17) is 4.65 Å². The lowest BCUT2D eigenvalue weighted by molar-refractivity contribution is -0.137. The Morgan fingerprint density at radius 2 is 2.44 bits per heavy atom. The second kappa shape index (κ2) is 2.39. The van der Waals surface area contributed by atoms with Crippen molar-refractivity contribution in [1.29, 1.82) is 0 Å². The Hall–Kier alpha value is -0.505. The van der Waals surface area contributed by atoms with Gasteiger partial charge in [-0.25, -0.2) is 0 Å². The molecule has 0 amide bonds. The smallest absolute Gasteiger partial charge is 0.447 e. The van der Waals surface area contributed by atoms with Gasteiger partial charge in [-0.05, 0) is 13.9 Å². The molecule has 1 heterocycles. The Morgan fingerprint density at radius 1 is 1.78 bits per heavy atom. The fourth-order valence-electron chi connectivity index (χ4n) is 0.789. The number of nitrogens with zero attached hydrogens (tertiary/aromatic N) is 1. The lowest BCUT2D eigenvalue weighted by Crippen LogP contribution is -2.43. The standard InChI is InChI=1S/C5H10BNO2/c1-6-7(2)4-3-5(8)9-6/h3-4H2,1-2H3. The van der Waals surface area contributed by atoms with Crippen molar-refractivity contribution >= 4 is 13.0 Å². The van der Waals surface area contributed by atoms with E-state index in [1.54, 1.807) is 0 Å². The molecule has 0 unspecified atom stereocenters. The van der Waals surface area contributed by atoms with Crippen molar-refractivity contribution in [3.05, 3.63) is 0 Å². The van der Waals surface area contributed by atoms with E-state index in [-0.39, 0.29) is 13.0 Å². The molecule has 0 spiro atoms. The van der Waals surface area contributed by atoms with Gasteiger partial charge in [0.25, 0.3) is 5.97 Å². The summed E-state index contributed by atoms with van der Waals surface area (Å²) in [5, 5.41) is 0. The first-order chi connectivity index (χ1) is 4.20. The largest absolute Gasteiger partial charge is 0.520 e. The van der Waals surface area contributed by atoms with Crippen LogP contribution in [0.2, 0.25) is 6.82 Å². The Balaban J connectivity index is 2.44. The normalized spacial score (nSPS) is 22.0. The van der Waals surface area contributed by atoms with Gasteiger partial charge in [0.1, 0.15) is 0 Å². The minimum Gasteiger partial charge on any atom is -0.520 e. The zero-order chi connectivity index (χ0) is 6.85. The van der Waals surface area contributed by atoms with Crippen LogP contribution in [0.15, 0.2) is 0 Å². The minimum atomic E-state index is -0.0828. The Morgan fingerprint density at radius 3 is 2.89 bits per heavy atom. The molecule has 0 aromatic carbocycles. The predicted molar refractivity (Wildman–Crippen MR) is 35.0 cm³/mol. The van der Waals surface area contributed by atoms with E-state index in [9.17, 15) is 4.79 Å². The van der Waals surface area contributed by atoms with Gasteiger partial charge in [0.15, 0.2) is 0 Å². The van der Waals surface area contributed by atoms with Gasteiger partial charge in [-0.1, -0.05) is 0 Å². The quantitative estimate of drug-likeness (QED) is 0.428. The zero-order valence-corrected chi connectivity index (χ0v) is 5.76. The molecule has 1 fully saturated rings. The van der Waals surface area contributed by atoms with Crippen molar-refractivity contribution in [1.82, 2.24) is 4.81 Å². The maximum absolute atomic E-state index is 10.6. The summed E-state index contributed by atoms with van der Waals surface area (Å²) in [7, 11) is 1.91. The Labute approximate surface area is 55.1 Å². The predicted octanol–water partition coefficient (Wildman–Crippen LogP) is -0.0169. The van der Waals surface area contributed by atoms with Crippen molar-refractivity contribution in [2.24, 2.45) is 0 Å². The molecule has 4 heteroatoms. The zero-order valence-electron chi connectivity index (χ0n) is 5.76. The molecule has 0 N–H and O–H groups in total. The van der Waals surface area contributed by atoms with E-state index in [1.165, 1.54) is 0 Å². The van der Waals surface area contributed by atoms with E-state index in [1.807, 2.05) is 18.7 Å². The summed E-state index contributed by atoms with van der Waals surface area (Å²) in [5.41, 5.74) is 0. The molecule has 3 nitrogen and oxygen atoms in total. The molecule has 1 aliphatic rings. The fraction of sp³-hybridized carbons (Fsp3) is 0.800. The summed E-state index contributed by atoms with van der Waals surface area (Å²) in [6.07, 6.45) is 0.529.